The lowest BCUT2D eigenvalue weighted by atomic mass is 9.91. The molecule has 0 saturated heterocycles. The maximum Gasteiger partial charge on any atom is 0.274 e. The number of nitrogens with zero attached hydrogens (tertiary/aromatic N) is 3. The lowest BCUT2D eigenvalue weighted by molar-refractivity contribution is 0.197. The fourth-order valence-corrected chi connectivity index (χ4v) is 5.13. The van der Waals surface area contributed by atoms with Gasteiger partial charge in [0.15, 0.2) is 23.1 Å². The summed E-state index contributed by atoms with van der Waals surface area (Å²) in [5, 5.41) is 38.3. The molecule has 4 rings (SSSR count). The molecular weight excluding hydrogens is 480 g/mol. The van der Waals surface area contributed by atoms with Crippen molar-refractivity contribution in [2.24, 2.45) is 5.73 Å². The number of hydrogen-bond acceptors (Lipinski definition) is 9. The quantitative estimate of drug-likeness (QED) is 0.432. The largest absolute Gasteiger partial charge is 0.504 e. The summed E-state index contributed by atoms with van der Waals surface area (Å²) in [6.45, 7) is 4.17. The van der Waals surface area contributed by atoms with E-state index in [0.717, 1.165) is 11.3 Å². The first-order valence-electron chi connectivity index (χ1n) is 11.0. The molecule has 10 heteroatoms. The highest BCUT2D eigenvalue weighted by atomic mass is 32.1. The number of phenolic OH excluding ortho intramolecular Hbond substituents is 2. The van der Waals surface area contributed by atoms with Gasteiger partial charge in [-0.15, -0.1) is 11.3 Å². The minimum Gasteiger partial charge on any atom is -0.504 e. The molecule has 182 valence electrons. The maximum atomic E-state index is 13.4. The Balaban J connectivity index is 2.04. The van der Waals surface area contributed by atoms with Gasteiger partial charge < -0.3 is 25.4 Å². The highest BCUT2D eigenvalue weighted by molar-refractivity contribution is 7.07. The molecule has 1 aliphatic rings. The third kappa shape index (κ3) is 4.15. The van der Waals surface area contributed by atoms with Gasteiger partial charge in [0.05, 0.1) is 28.9 Å². The van der Waals surface area contributed by atoms with Crippen LogP contribution >= 0.6 is 11.3 Å². The summed E-state index contributed by atoms with van der Waals surface area (Å²) in [6.07, 6.45) is 1.58. The topological polar surface area (TPSA) is 155 Å². The van der Waals surface area contributed by atoms with Gasteiger partial charge in [0.25, 0.3) is 5.56 Å². The molecule has 1 atom stereocenters. The van der Waals surface area contributed by atoms with Crippen molar-refractivity contribution in [3.63, 3.8) is 0 Å². The third-order valence-electron chi connectivity index (χ3n) is 5.57. The maximum absolute atomic E-state index is 13.4. The first-order chi connectivity index (χ1) is 17.3. The molecule has 1 aromatic heterocycles. The van der Waals surface area contributed by atoms with Crippen LogP contribution < -0.4 is 20.5 Å². The monoisotopic (exact) mass is 502 g/mol. The van der Waals surface area contributed by atoms with Crippen LogP contribution in [-0.2, 0) is 9.47 Å². The molecule has 0 amide bonds. The Labute approximate surface area is 210 Å². The number of phenols is 2. The molecule has 0 radical (unpaired) electrons. The fraction of sp³-hybridized carbons (Fsp3) is 0.192. The summed E-state index contributed by atoms with van der Waals surface area (Å²) in [4.78, 5) is 13.4. The smallest absolute Gasteiger partial charge is 0.274 e. The van der Waals surface area contributed by atoms with Gasteiger partial charge in [0, 0.05) is 0 Å². The van der Waals surface area contributed by atoms with Crippen molar-refractivity contribution in [1.29, 1.82) is 10.5 Å². The second-order valence-corrected chi connectivity index (χ2v) is 8.78. The van der Waals surface area contributed by atoms with Crippen LogP contribution in [0.4, 0.5) is 0 Å². The Morgan fingerprint density at radius 1 is 1.03 bits per heavy atom. The van der Waals surface area contributed by atoms with Gasteiger partial charge in [0.2, 0.25) is 0 Å². The molecule has 1 unspecified atom stereocenters. The predicted octanol–water partition coefficient (Wildman–Crippen LogP) is 1.96. The molecule has 9 nitrogen and oxygen atoms in total. The van der Waals surface area contributed by atoms with Crippen LogP contribution in [-0.4, -0.2) is 28.0 Å². The van der Waals surface area contributed by atoms with Gasteiger partial charge >= 0.3 is 0 Å². The zero-order valence-electron chi connectivity index (χ0n) is 19.5. The summed E-state index contributed by atoms with van der Waals surface area (Å²) in [5.74, 6) is -0.392. The van der Waals surface area contributed by atoms with Gasteiger partial charge in [-0.1, -0.05) is 12.1 Å². The second-order valence-electron chi connectivity index (χ2n) is 7.75. The van der Waals surface area contributed by atoms with Gasteiger partial charge in [-0.25, -0.2) is 4.57 Å². The van der Waals surface area contributed by atoms with Crippen molar-refractivity contribution in [2.75, 3.05) is 13.2 Å². The van der Waals surface area contributed by atoms with E-state index in [0.29, 0.717) is 38.4 Å². The fourth-order valence-electron chi connectivity index (χ4n) is 4.00. The summed E-state index contributed by atoms with van der Waals surface area (Å²) >= 11 is 1.16. The zero-order valence-corrected chi connectivity index (χ0v) is 20.3. The molecule has 1 aliphatic heterocycles. The molecule has 0 aliphatic carbocycles. The highest BCUT2D eigenvalue weighted by Gasteiger charge is 2.35. The van der Waals surface area contributed by atoms with Crippen molar-refractivity contribution in [1.82, 2.24) is 4.57 Å². The second kappa shape index (κ2) is 9.90. The van der Waals surface area contributed by atoms with E-state index in [4.69, 9.17) is 15.2 Å². The number of fused-ring (bicyclic) bond motifs is 1. The lowest BCUT2D eigenvalue weighted by Gasteiger charge is -2.28. The standard InChI is InChI=1S/C26H22N4O5S/c1-3-34-22-21(15-6-7-16(12-27)17(11-15)13-28)23(35-4-2)26-30(24(22)29)25(33)20(36-26)10-14-5-8-18(31)19(32)9-14/h5-11,21,31-32H,3-4,29H2,1-2H3/b20-10-. The number of hydrogen-bond donors (Lipinski definition) is 3. The number of benzene rings is 2. The zero-order chi connectivity index (χ0) is 26.0. The summed E-state index contributed by atoms with van der Waals surface area (Å²) < 4.78 is 14.1. The van der Waals surface area contributed by atoms with E-state index in [1.54, 1.807) is 37.3 Å². The summed E-state index contributed by atoms with van der Waals surface area (Å²) in [5.41, 5.74) is 7.68. The van der Waals surface area contributed by atoms with Crippen LogP contribution in [0.5, 0.6) is 11.5 Å². The van der Waals surface area contributed by atoms with Crippen molar-refractivity contribution < 1.29 is 19.7 Å². The van der Waals surface area contributed by atoms with Gasteiger partial charge in [-0.2, -0.15) is 10.5 Å². The van der Waals surface area contributed by atoms with E-state index < -0.39 is 11.5 Å². The molecule has 36 heavy (non-hydrogen) atoms. The Bertz CT molecular complexity index is 1650. The lowest BCUT2D eigenvalue weighted by Crippen LogP contribution is -2.39. The van der Waals surface area contributed by atoms with Gasteiger partial charge in [-0.3, -0.25) is 4.79 Å². The van der Waals surface area contributed by atoms with E-state index in [9.17, 15) is 25.5 Å². The van der Waals surface area contributed by atoms with E-state index in [1.807, 2.05) is 19.1 Å². The number of nitriles is 2. The average molecular weight is 503 g/mol. The van der Waals surface area contributed by atoms with Crippen molar-refractivity contribution in [3.05, 3.63) is 84.0 Å². The minimum absolute atomic E-state index is 0.0950. The molecule has 0 spiro atoms. The minimum atomic E-state index is -0.645. The Hall–Kier alpha value is -4.67. The van der Waals surface area contributed by atoms with Crippen LogP contribution in [0, 0.1) is 22.7 Å². The van der Waals surface area contributed by atoms with Crippen LogP contribution in [0.3, 0.4) is 0 Å². The number of nitrogens with two attached hydrogens (primary N) is 1. The Kier molecular flexibility index (Phi) is 6.73. The molecule has 4 N–H and O–H groups in total. The summed E-state index contributed by atoms with van der Waals surface area (Å²) in [7, 11) is 0. The van der Waals surface area contributed by atoms with Gasteiger partial charge in [0.1, 0.15) is 28.5 Å². The van der Waals surface area contributed by atoms with Crippen LogP contribution in [0.2, 0.25) is 0 Å². The summed E-state index contributed by atoms with van der Waals surface area (Å²) in [6, 6.07) is 13.2. The van der Waals surface area contributed by atoms with Crippen LogP contribution in [0.25, 0.3) is 17.7 Å². The Morgan fingerprint density at radius 3 is 2.36 bits per heavy atom. The normalized spacial score (nSPS) is 15.3. The molecule has 0 bridgehead atoms. The first-order valence-corrected chi connectivity index (χ1v) is 11.9. The van der Waals surface area contributed by atoms with Crippen LogP contribution in [0.1, 0.15) is 42.0 Å². The Morgan fingerprint density at radius 2 is 1.72 bits per heavy atom. The first kappa shape index (κ1) is 24.5. The number of aromatic nitrogens is 1. The molecule has 3 aromatic rings. The molecular formula is C26H22N4O5S. The average Bonchev–Trinajstić information content (AvgIpc) is 3.20. The van der Waals surface area contributed by atoms with Crippen molar-refractivity contribution in [2.45, 2.75) is 19.8 Å². The van der Waals surface area contributed by atoms with Crippen molar-refractivity contribution in [3.8, 4) is 23.6 Å². The number of rotatable bonds is 6. The van der Waals surface area contributed by atoms with E-state index in [1.165, 1.54) is 16.7 Å². The van der Waals surface area contributed by atoms with Crippen LogP contribution in [0.15, 0.2) is 47.0 Å². The van der Waals surface area contributed by atoms with E-state index >= 15 is 0 Å². The SMILES string of the molecule is CCOC1=C(N)n2c(s/c(=C\c3ccc(O)c(O)c3)c2=O)=C(OCC)C1c1ccc(C#N)c(C#N)c1. The number of thiazole rings is 1. The molecule has 2 heterocycles. The third-order valence-corrected chi connectivity index (χ3v) is 6.66. The number of aromatic hydroxyl groups is 2. The van der Waals surface area contributed by atoms with Gasteiger partial charge in [-0.05, 0) is 55.3 Å². The molecule has 2 aromatic carbocycles. The predicted molar refractivity (Wildman–Crippen MR) is 134 cm³/mol. The molecule has 0 fully saturated rings. The van der Waals surface area contributed by atoms with E-state index in [2.05, 4.69) is 0 Å². The van der Waals surface area contributed by atoms with E-state index in [-0.39, 0.29) is 35.1 Å². The molecule has 0 saturated carbocycles. The highest BCUT2D eigenvalue weighted by Crippen LogP contribution is 2.38. The van der Waals surface area contributed by atoms with Crippen molar-refractivity contribution >= 4 is 29.0 Å². The number of ether oxygens (including phenoxy) is 2.